The van der Waals surface area contributed by atoms with Crippen LogP contribution in [-0.4, -0.2) is 55.3 Å². The average molecular weight is 524 g/mol. The predicted molar refractivity (Wildman–Crippen MR) is 146 cm³/mol. The van der Waals surface area contributed by atoms with Gasteiger partial charge in [-0.25, -0.2) is 9.69 Å². The Labute approximate surface area is 221 Å². The van der Waals surface area contributed by atoms with Crippen LogP contribution in [0.4, 0.5) is 0 Å². The largest absolute Gasteiger partial charge is 0.497 e. The normalized spacial score (nSPS) is 33.2. The molecule has 0 unspecified atom stereocenters. The molecule has 37 heavy (non-hydrogen) atoms. The summed E-state index contributed by atoms with van der Waals surface area (Å²) in [6.07, 6.45) is 2.29. The van der Waals surface area contributed by atoms with Gasteiger partial charge in [0.05, 0.1) is 13.7 Å². The van der Waals surface area contributed by atoms with Gasteiger partial charge in [0.25, 0.3) is 0 Å². The number of carbonyl (C=O) groups is 1. The van der Waals surface area contributed by atoms with Crippen molar-refractivity contribution < 1.29 is 24.1 Å². The molecule has 1 saturated carbocycles. The van der Waals surface area contributed by atoms with E-state index in [1.54, 1.807) is 7.11 Å². The molecular formula is C30H41NO5Si. The molecule has 6 atom stereocenters. The third-order valence-corrected chi connectivity index (χ3v) is 11.9. The lowest BCUT2D eigenvalue weighted by Crippen LogP contribution is -2.63. The van der Waals surface area contributed by atoms with Gasteiger partial charge in [-0.3, -0.25) is 0 Å². The summed E-state index contributed by atoms with van der Waals surface area (Å²) in [7, 11) is 0.123. The number of benzene rings is 2. The van der Waals surface area contributed by atoms with Crippen LogP contribution < -0.4 is 4.74 Å². The molecule has 7 heteroatoms. The number of hydrogen-bond donors (Lipinski definition) is 1. The van der Waals surface area contributed by atoms with Crippen LogP contribution in [0, 0.1) is 11.8 Å². The van der Waals surface area contributed by atoms with E-state index in [9.17, 15) is 9.90 Å². The molecule has 2 aliphatic heterocycles. The number of likely N-dealkylation sites (tertiary alicyclic amines) is 1. The molecule has 1 spiro atoms. The number of aliphatic hydroxyl groups excluding tert-OH is 1. The van der Waals surface area contributed by atoms with Crippen molar-refractivity contribution in [2.45, 2.75) is 81.9 Å². The van der Waals surface area contributed by atoms with E-state index < -0.39 is 31.6 Å². The highest BCUT2D eigenvalue weighted by Crippen LogP contribution is 2.65. The van der Waals surface area contributed by atoms with Crippen molar-refractivity contribution in [3.05, 3.63) is 65.7 Å². The number of rotatable bonds is 8. The number of carbonyl (C=O) groups excluding carboxylic acids is 1. The smallest absolute Gasteiger partial charge is 0.342 e. The molecular weight excluding hydrogens is 482 g/mol. The third kappa shape index (κ3) is 4.54. The second-order valence-electron chi connectivity index (χ2n) is 12.2. The summed E-state index contributed by atoms with van der Waals surface area (Å²) in [5.41, 5.74) is 0.787. The summed E-state index contributed by atoms with van der Waals surface area (Å²) in [5, 5.41) is 11.7. The maximum atomic E-state index is 13.5. The van der Waals surface area contributed by atoms with E-state index >= 15 is 0 Å². The minimum atomic E-state index is -1.58. The van der Waals surface area contributed by atoms with Gasteiger partial charge in [0, 0.05) is 20.5 Å². The van der Waals surface area contributed by atoms with Gasteiger partial charge in [0.2, 0.25) is 5.60 Å². The van der Waals surface area contributed by atoms with Gasteiger partial charge in [0.15, 0.2) is 0 Å². The summed E-state index contributed by atoms with van der Waals surface area (Å²) >= 11 is 0. The van der Waals surface area contributed by atoms with Crippen molar-refractivity contribution >= 4 is 14.0 Å². The highest BCUT2D eigenvalue weighted by atomic mass is 28.3. The fourth-order valence-corrected chi connectivity index (χ4v) is 9.01. The van der Waals surface area contributed by atoms with Crippen molar-refractivity contribution in [3.63, 3.8) is 0 Å². The van der Waals surface area contributed by atoms with Crippen LogP contribution >= 0.6 is 0 Å². The van der Waals surface area contributed by atoms with E-state index in [1.165, 1.54) is 5.56 Å². The molecule has 5 rings (SSSR count). The number of methoxy groups -OCH3 is 1. The molecule has 2 bridgehead atoms. The number of fused-ring (bicyclic) bond motifs is 1. The quantitative estimate of drug-likeness (QED) is 0.378. The number of nitrogens with zero attached hydrogens (tertiary/aromatic N) is 1. The van der Waals surface area contributed by atoms with Gasteiger partial charge >= 0.3 is 5.97 Å². The molecule has 0 amide bonds. The predicted octanol–water partition coefficient (Wildman–Crippen LogP) is 5.23. The van der Waals surface area contributed by atoms with Crippen LogP contribution in [0.1, 0.15) is 37.3 Å². The van der Waals surface area contributed by atoms with Crippen molar-refractivity contribution in [2.24, 2.45) is 11.8 Å². The van der Waals surface area contributed by atoms with E-state index in [1.807, 2.05) is 37.3 Å². The number of esters is 1. The van der Waals surface area contributed by atoms with Crippen LogP contribution in [0.2, 0.25) is 25.2 Å². The molecule has 2 heterocycles. The minimum Gasteiger partial charge on any atom is -0.497 e. The zero-order valence-corrected chi connectivity index (χ0v) is 23.8. The first-order valence-electron chi connectivity index (χ1n) is 13.6. The Kier molecular flexibility index (Phi) is 7.03. The average Bonchev–Trinajstić information content (AvgIpc) is 3.35. The van der Waals surface area contributed by atoms with Crippen LogP contribution in [0.5, 0.6) is 5.75 Å². The first-order chi connectivity index (χ1) is 17.6. The van der Waals surface area contributed by atoms with Crippen molar-refractivity contribution in [1.82, 2.24) is 4.90 Å². The van der Waals surface area contributed by atoms with Crippen molar-refractivity contribution in [3.8, 4) is 5.75 Å². The second-order valence-corrected chi connectivity index (χ2v) is 17.7. The number of piperidine rings is 1. The zero-order valence-electron chi connectivity index (χ0n) is 22.8. The maximum absolute atomic E-state index is 13.5. The number of ether oxygens (including phenoxy) is 3. The summed E-state index contributed by atoms with van der Waals surface area (Å²) in [4.78, 5) is 15.6. The molecule has 2 aromatic rings. The Morgan fingerprint density at radius 3 is 2.51 bits per heavy atom. The molecule has 0 aromatic heterocycles. The van der Waals surface area contributed by atoms with Crippen molar-refractivity contribution in [2.75, 3.05) is 13.7 Å². The first kappa shape index (κ1) is 26.4. The SMILES string of the molecule is CCOC(=O)[C@@]12C[C@@H]3[C@H](Cc4cccc(OC)c4)C[C@@H]([Si](C)(C)C)C[C@@]3(O1)N(Cc1ccccc1)[C@@H]2O. The van der Waals surface area contributed by atoms with E-state index in [-0.39, 0.29) is 12.5 Å². The molecule has 6 nitrogen and oxygen atoms in total. The molecule has 3 aliphatic rings. The molecule has 2 saturated heterocycles. The monoisotopic (exact) mass is 523 g/mol. The summed E-state index contributed by atoms with van der Waals surface area (Å²) in [6.45, 7) is 9.89. The van der Waals surface area contributed by atoms with Gasteiger partial charge in [0.1, 0.15) is 17.7 Å². The molecule has 200 valence electrons. The molecule has 2 aromatic carbocycles. The first-order valence-corrected chi connectivity index (χ1v) is 17.2. The topological polar surface area (TPSA) is 68.2 Å². The van der Waals surface area contributed by atoms with Gasteiger partial charge in [-0.1, -0.05) is 62.1 Å². The Morgan fingerprint density at radius 1 is 1.11 bits per heavy atom. The van der Waals surface area contributed by atoms with Gasteiger partial charge in [-0.2, -0.15) is 0 Å². The third-order valence-electron chi connectivity index (χ3n) is 9.03. The highest BCUT2D eigenvalue weighted by molar-refractivity contribution is 6.77. The van der Waals surface area contributed by atoms with Crippen LogP contribution in [-0.2, 0) is 27.2 Å². The molecule has 1 aliphatic carbocycles. The minimum absolute atomic E-state index is 0.114. The molecule has 0 radical (unpaired) electrons. The van der Waals surface area contributed by atoms with Crippen LogP contribution in [0.25, 0.3) is 0 Å². The van der Waals surface area contributed by atoms with E-state index in [2.05, 4.69) is 48.8 Å². The summed E-state index contributed by atoms with van der Waals surface area (Å²) in [6, 6.07) is 18.5. The van der Waals surface area contributed by atoms with Crippen LogP contribution in [0.3, 0.4) is 0 Å². The summed E-state index contributed by atoms with van der Waals surface area (Å²) in [5.74, 6) is 0.858. The number of aliphatic hydroxyl groups is 1. The van der Waals surface area contributed by atoms with E-state index in [4.69, 9.17) is 14.2 Å². The lowest BCUT2D eigenvalue weighted by Gasteiger charge is -2.54. The van der Waals surface area contributed by atoms with Gasteiger partial charge in [-0.05, 0) is 67.3 Å². The summed E-state index contributed by atoms with van der Waals surface area (Å²) < 4.78 is 17.9. The Balaban J connectivity index is 1.58. The fourth-order valence-electron chi connectivity index (χ4n) is 7.09. The van der Waals surface area contributed by atoms with Crippen molar-refractivity contribution in [1.29, 1.82) is 0 Å². The van der Waals surface area contributed by atoms with Crippen LogP contribution in [0.15, 0.2) is 54.6 Å². The van der Waals surface area contributed by atoms with E-state index in [0.717, 1.165) is 30.6 Å². The maximum Gasteiger partial charge on any atom is 0.342 e. The van der Waals surface area contributed by atoms with Gasteiger partial charge < -0.3 is 19.3 Å². The Bertz CT molecular complexity index is 1120. The zero-order chi connectivity index (χ0) is 26.4. The lowest BCUT2D eigenvalue weighted by molar-refractivity contribution is -0.177. The standard InChI is InChI=1S/C30H41NO5Si/c1-6-35-28(33)29-19-26-23(15-22-13-10-14-24(16-22)34-2)17-25(37(3,4)5)18-30(26,36-29)31(27(29)32)20-21-11-8-7-9-12-21/h7-14,16,23,25-27,32H,6,15,17-20H2,1-5H3/t23-,25-,26-,27-,29+,30+/m1/s1. The Hall–Kier alpha value is -2.19. The second kappa shape index (κ2) is 9.84. The van der Waals surface area contributed by atoms with E-state index in [0.29, 0.717) is 24.4 Å². The lowest BCUT2D eigenvalue weighted by atomic mass is 9.66. The Morgan fingerprint density at radius 2 is 1.84 bits per heavy atom. The number of hydrogen-bond acceptors (Lipinski definition) is 6. The molecule has 1 N–H and O–H groups in total. The van der Waals surface area contributed by atoms with Gasteiger partial charge in [-0.15, -0.1) is 0 Å². The molecule has 3 fully saturated rings. The fraction of sp³-hybridized carbons (Fsp3) is 0.567. The highest BCUT2D eigenvalue weighted by Gasteiger charge is 2.76.